The van der Waals surface area contributed by atoms with Crippen LogP contribution in [0.1, 0.15) is 40.4 Å². The predicted molar refractivity (Wildman–Crippen MR) is 113 cm³/mol. The molecule has 0 bridgehead atoms. The third-order valence-corrected chi connectivity index (χ3v) is 6.32. The first kappa shape index (κ1) is 18.8. The molecule has 1 saturated heterocycles. The summed E-state index contributed by atoms with van der Waals surface area (Å²) < 4.78 is 1.68. The van der Waals surface area contributed by atoms with Crippen LogP contribution in [0.4, 0.5) is 0 Å². The molecule has 1 atom stereocenters. The van der Waals surface area contributed by atoms with Crippen LogP contribution in [0.15, 0.2) is 55.1 Å². The van der Waals surface area contributed by atoms with Crippen molar-refractivity contribution in [3.05, 3.63) is 71.8 Å². The molecule has 30 heavy (non-hydrogen) atoms. The number of nitrogens with zero attached hydrogens (tertiary/aromatic N) is 4. The van der Waals surface area contributed by atoms with Crippen molar-refractivity contribution < 1.29 is 9.90 Å². The highest BCUT2D eigenvalue weighted by molar-refractivity contribution is 5.94. The molecule has 2 aromatic carbocycles. The standard InChI is InChI=1S/C23H25N5O2/c29-20-5-6-21-18(13-20)7-10-25-22(21)16-8-11-27(12-9-16)23(30)17-1-3-19(4-2-17)28-15-24-14-26-28/h1-6,13-16,22,25,29H,7-12H2. The van der Waals surface area contributed by atoms with Crippen molar-refractivity contribution in [3.8, 4) is 11.4 Å². The molecule has 0 radical (unpaired) electrons. The van der Waals surface area contributed by atoms with Gasteiger partial charge in [0.15, 0.2) is 0 Å². The minimum absolute atomic E-state index is 0.0838. The zero-order valence-electron chi connectivity index (χ0n) is 16.7. The smallest absolute Gasteiger partial charge is 0.253 e. The van der Waals surface area contributed by atoms with Gasteiger partial charge in [-0.3, -0.25) is 4.79 Å². The Morgan fingerprint density at radius 2 is 1.90 bits per heavy atom. The van der Waals surface area contributed by atoms with Crippen molar-refractivity contribution in [1.29, 1.82) is 0 Å². The minimum Gasteiger partial charge on any atom is -0.508 e. The molecular formula is C23H25N5O2. The number of hydrogen-bond acceptors (Lipinski definition) is 5. The molecule has 3 aromatic rings. The molecule has 2 N–H and O–H groups in total. The van der Waals surface area contributed by atoms with E-state index in [1.54, 1.807) is 17.1 Å². The molecule has 1 unspecified atom stereocenters. The van der Waals surface area contributed by atoms with Crippen LogP contribution in [0.5, 0.6) is 5.75 Å². The lowest BCUT2D eigenvalue weighted by Crippen LogP contribution is -2.43. The van der Waals surface area contributed by atoms with Crippen LogP contribution in [0, 0.1) is 5.92 Å². The molecule has 1 fully saturated rings. The number of carbonyl (C=O) groups is 1. The van der Waals surface area contributed by atoms with Crippen LogP contribution in [-0.2, 0) is 6.42 Å². The van der Waals surface area contributed by atoms with Gasteiger partial charge in [-0.05, 0) is 79.3 Å². The van der Waals surface area contributed by atoms with E-state index >= 15 is 0 Å². The lowest BCUT2D eigenvalue weighted by atomic mass is 9.81. The molecule has 7 nitrogen and oxygen atoms in total. The van der Waals surface area contributed by atoms with Gasteiger partial charge in [0.05, 0.1) is 5.69 Å². The Kier molecular flexibility index (Phi) is 4.96. The van der Waals surface area contributed by atoms with Gasteiger partial charge in [-0.15, -0.1) is 0 Å². The van der Waals surface area contributed by atoms with Crippen molar-refractivity contribution in [3.63, 3.8) is 0 Å². The number of likely N-dealkylation sites (tertiary alicyclic amines) is 1. The number of carbonyl (C=O) groups excluding carboxylic acids is 1. The zero-order chi connectivity index (χ0) is 20.5. The molecule has 7 heteroatoms. The van der Waals surface area contributed by atoms with Gasteiger partial charge in [-0.25, -0.2) is 9.67 Å². The van der Waals surface area contributed by atoms with Crippen LogP contribution >= 0.6 is 0 Å². The molecule has 0 saturated carbocycles. The maximum atomic E-state index is 13.0. The fraction of sp³-hybridized carbons (Fsp3) is 0.348. The summed E-state index contributed by atoms with van der Waals surface area (Å²) in [5.74, 6) is 0.914. The zero-order valence-corrected chi connectivity index (χ0v) is 16.7. The highest BCUT2D eigenvalue weighted by Gasteiger charge is 2.32. The number of benzene rings is 2. The van der Waals surface area contributed by atoms with Crippen molar-refractivity contribution in [2.45, 2.75) is 25.3 Å². The molecule has 154 valence electrons. The molecule has 0 aliphatic carbocycles. The van der Waals surface area contributed by atoms with Crippen LogP contribution in [0.3, 0.4) is 0 Å². The van der Waals surface area contributed by atoms with Crippen molar-refractivity contribution in [1.82, 2.24) is 25.0 Å². The predicted octanol–water partition coefficient (Wildman–Crippen LogP) is 2.71. The summed E-state index contributed by atoms with van der Waals surface area (Å²) in [4.78, 5) is 18.9. The van der Waals surface area contributed by atoms with E-state index in [1.807, 2.05) is 35.2 Å². The average Bonchev–Trinajstić information content (AvgIpc) is 3.33. The summed E-state index contributed by atoms with van der Waals surface area (Å²) in [6.07, 6.45) is 6.02. The lowest BCUT2D eigenvalue weighted by Gasteiger charge is -2.39. The fourth-order valence-corrected chi connectivity index (χ4v) is 4.72. The normalized spacial score (nSPS) is 19.5. The summed E-state index contributed by atoms with van der Waals surface area (Å²) in [5.41, 5.74) is 4.13. The first-order valence-electron chi connectivity index (χ1n) is 10.5. The Morgan fingerprint density at radius 3 is 2.63 bits per heavy atom. The van der Waals surface area contributed by atoms with Crippen molar-refractivity contribution in [2.75, 3.05) is 19.6 Å². The molecule has 2 aliphatic rings. The van der Waals surface area contributed by atoms with Crippen molar-refractivity contribution >= 4 is 5.91 Å². The number of piperidine rings is 1. The number of aromatic nitrogens is 3. The van der Waals surface area contributed by atoms with Crippen LogP contribution in [0.25, 0.3) is 5.69 Å². The number of rotatable bonds is 3. The summed E-state index contributed by atoms with van der Waals surface area (Å²) in [5, 5.41) is 17.6. The highest BCUT2D eigenvalue weighted by atomic mass is 16.3. The van der Waals surface area contributed by atoms with Gasteiger partial charge in [0.25, 0.3) is 5.91 Å². The van der Waals surface area contributed by atoms with Crippen LogP contribution in [-0.4, -0.2) is 50.3 Å². The largest absolute Gasteiger partial charge is 0.508 e. The molecule has 1 amide bonds. The Morgan fingerprint density at radius 1 is 1.10 bits per heavy atom. The average molecular weight is 403 g/mol. The first-order chi connectivity index (χ1) is 14.7. The number of hydrogen-bond donors (Lipinski definition) is 2. The van der Waals surface area contributed by atoms with E-state index in [4.69, 9.17) is 0 Å². The summed E-state index contributed by atoms with van der Waals surface area (Å²) in [6.45, 7) is 2.46. The van der Waals surface area contributed by atoms with Crippen LogP contribution < -0.4 is 5.32 Å². The van der Waals surface area contributed by atoms with Gasteiger partial charge in [-0.1, -0.05) is 6.07 Å². The number of amides is 1. The maximum Gasteiger partial charge on any atom is 0.253 e. The second-order valence-corrected chi connectivity index (χ2v) is 8.08. The molecule has 2 aliphatic heterocycles. The van der Waals surface area contributed by atoms with Gasteiger partial charge < -0.3 is 15.3 Å². The Hall–Kier alpha value is -3.19. The SMILES string of the molecule is O=C(c1ccc(-n2cncn2)cc1)N1CCC(C2NCCc3cc(O)ccc32)CC1. The van der Waals surface area contributed by atoms with E-state index in [2.05, 4.69) is 21.5 Å². The quantitative estimate of drug-likeness (QED) is 0.703. The minimum atomic E-state index is 0.0838. The van der Waals surface area contributed by atoms with E-state index in [-0.39, 0.29) is 5.91 Å². The van der Waals surface area contributed by atoms with E-state index in [1.165, 1.54) is 17.5 Å². The van der Waals surface area contributed by atoms with Gasteiger partial charge in [-0.2, -0.15) is 5.10 Å². The second kappa shape index (κ2) is 7.91. The second-order valence-electron chi connectivity index (χ2n) is 8.08. The lowest BCUT2D eigenvalue weighted by molar-refractivity contribution is 0.0668. The van der Waals surface area contributed by atoms with Gasteiger partial charge >= 0.3 is 0 Å². The Balaban J connectivity index is 1.24. The van der Waals surface area contributed by atoms with Crippen LogP contribution in [0.2, 0.25) is 0 Å². The number of phenols is 1. The fourth-order valence-electron chi connectivity index (χ4n) is 4.72. The monoisotopic (exact) mass is 403 g/mol. The Bertz CT molecular complexity index is 1020. The third-order valence-electron chi connectivity index (χ3n) is 6.32. The van der Waals surface area contributed by atoms with Crippen molar-refractivity contribution in [2.24, 2.45) is 5.92 Å². The van der Waals surface area contributed by atoms with E-state index in [9.17, 15) is 9.90 Å². The number of nitrogens with one attached hydrogen (secondary N) is 1. The maximum absolute atomic E-state index is 13.0. The number of fused-ring (bicyclic) bond motifs is 1. The van der Waals surface area contributed by atoms with Gasteiger partial charge in [0.1, 0.15) is 18.4 Å². The Labute approximate surface area is 175 Å². The summed E-state index contributed by atoms with van der Waals surface area (Å²) in [6, 6.07) is 13.5. The molecule has 1 aromatic heterocycles. The first-order valence-corrected chi connectivity index (χ1v) is 10.5. The summed E-state index contributed by atoms with van der Waals surface area (Å²) in [7, 11) is 0. The molecular weight excluding hydrogens is 378 g/mol. The number of aromatic hydroxyl groups is 1. The number of phenolic OH excluding ortho intramolecular Hbond substituents is 1. The summed E-state index contributed by atoms with van der Waals surface area (Å²) >= 11 is 0. The van der Waals surface area contributed by atoms with E-state index in [0.717, 1.165) is 44.6 Å². The molecule has 3 heterocycles. The van der Waals surface area contributed by atoms with E-state index in [0.29, 0.717) is 23.3 Å². The molecule has 0 spiro atoms. The van der Waals surface area contributed by atoms with Gasteiger partial charge in [0.2, 0.25) is 0 Å². The molecule has 5 rings (SSSR count). The highest BCUT2D eigenvalue weighted by Crippen LogP contribution is 2.36. The van der Waals surface area contributed by atoms with E-state index < -0.39 is 0 Å². The van der Waals surface area contributed by atoms with Gasteiger partial charge in [0, 0.05) is 24.7 Å². The third kappa shape index (κ3) is 3.57. The topological polar surface area (TPSA) is 83.3 Å².